The zero-order valence-electron chi connectivity index (χ0n) is 16.0. The van der Waals surface area contributed by atoms with Gasteiger partial charge in [-0.1, -0.05) is 24.3 Å². The number of aromatic nitrogens is 1. The maximum Gasteiger partial charge on any atom is 0.260 e. The molecule has 1 amide bonds. The summed E-state index contributed by atoms with van der Waals surface area (Å²) >= 11 is 0. The summed E-state index contributed by atoms with van der Waals surface area (Å²) in [5.74, 6) is 1.86. The second-order valence-corrected chi connectivity index (χ2v) is 7.89. The van der Waals surface area contributed by atoms with Gasteiger partial charge in [0.25, 0.3) is 5.91 Å². The fourth-order valence-electron chi connectivity index (χ4n) is 4.67. The highest BCUT2D eigenvalue weighted by Crippen LogP contribution is 2.32. The summed E-state index contributed by atoms with van der Waals surface area (Å²) < 4.78 is 5.62. The van der Waals surface area contributed by atoms with Gasteiger partial charge in [-0.15, -0.1) is 0 Å². The van der Waals surface area contributed by atoms with Crippen LogP contribution in [0.3, 0.4) is 0 Å². The smallest absolute Gasteiger partial charge is 0.260 e. The third-order valence-corrected chi connectivity index (χ3v) is 6.14. The number of fused-ring (bicyclic) bond motifs is 3. The lowest BCUT2D eigenvalue weighted by molar-refractivity contribution is -0.134. The Morgan fingerprint density at radius 1 is 1.11 bits per heavy atom. The van der Waals surface area contributed by atoms with Crippen molar-refractivity contribution in [2.24, 2.45) is 0 Å². The molecule has 2 atom stereocenters. The van der Waals surface area contributed by atoms with E-state index >= 15 is 0 Å². The molecule has 0 saturated carbocycles. The molecule has 28 heavy (non-hydrogen) atoms. The Kier molecular flexibility index (Phi) is 4.64. The Labute approximate surface area is 165 Å². The third-order valence-electron chi connectivity index (χ3n) is 6.14. The predicted molar refractivity (Wildman–Crippen MR) is 107 cm³/mol. The normalized spacial score (nSPS) is 23.4. The van der Waals surface area contributed by atoms with Crippen molar-refractivity contribution in [3.63, 3.8) is 0 Å². The van der Waals surface area contributed by atoms with Crippen LogP contribution in [-0.2, 0) is 17.8 Å². The molecule has 4 heterocycles. The number of nitrogens with zero attached hydrogens (tertiary/aromatic N) is 3. The summed E-state index contributed by atoms with van der Waals surface area (Å²) in [5, 5.41) is 3.53. The molecule has 1 aromatic carbocycles. The Hall–Kier alpha value is -2.60. The fraction of sp³-hybridized carbons (Fsp3) is 0.455. The summed E-state index contributed by atoms with van der Waals surface area (Å²) in [5.41, 5.74) is 2.30. The topological polar surface area (TPSA) is 57.7 Å². The van der Waals surface area contributed by atoms with Crippen molar-refractivity contribution in [3.05, 3.63) is 53.7 Å². The van der Waals surface area contributed by atoms with E-state index in [1.807, 2.05) is 35.2 Å². The number of carbonyl (C=O) groups excluding carboxylic acids is 1. The summed E-state index contributed by atoms with van der Waals surface area (Å²) in [6, 6.07) is 14.9. The van der Waals surface area contributed by atoms with Crippen molar-refractivity contribution in [2.45, 2.75) is 37.9 Å². The maximum atomic E-state index is 12.6. The number of rotatable bonds is 4. The summed E-state index contributed by atoms with van der Waals surface area (Å²) in [4.78, 5) is 21.9. The lowest BCUT2D eigenvalue weighted by Crippen LogP contribution is -2.52. The Bertz CT molecular complexity index is 841. The molecule has 2 fully saturated rings. The van der Waals surface area contributed by atoms with Crippen LogP contribution in [0.15, 0.2) is 42.5 Å². The molecular formula is C22H26N4O2. The number of benzene rings is 1. The molecular weight excluding hydrogens is 352 g/mol. The van der Waals surface area contributed by atoms with Gasteiger partial charge in [-0.05, 0) is 36.6 Å². The van der Waals surface area contributed by atoms with Crippen LogP contribution in [0.1, 0.15) is 24.1 Å². The highest BCUT2D eigenvalue weighted by atomic mass is 16.5. The van der Waals surface area contributed by atoms with Crippen LogP contribution in [0.25, 0.3) is 0 Å². The molecule has 2 bridgehead atoms. The van der Waals surface area contributed by atoms with E-state index in [1.54, 1.807) is 0 Å². The first-order valence-corrected chi connectivity index (χ1v) is 10.2. The van der Waals surface area contributed by atoms with E-state index in [9.17, 15) is 4.79 Å². The minimum atomic E-state index is 0.0266. The molecule has 1 N–H and O–H groups in total. The predicted octanol–water partition coefficient (Wildman–Crippen LogP) is 1.99. The molecule has 146 valence electrons. The second kappa shape index (κ2) is 7.43. The van der Waals surface area contributed by atoms with E-state index in [-0.39, 0.29) is 12.5 Å². The first-order chi connectivity index (χ1) is 13.8. The molecule has 5 rings (SSSR count). The van der Waals surface area contributed by atoms with Crippen molar-refractivity contribution in [1.82, 2.24) is 15.2 Å². The Morgan fingerprint density at radius 3 is 2.68 bits per heavy atom. The van der Waals surface area contributed by atoms with Crippen molar-refractivity contribution in [3.8, 4) is 5.75 Å². The van der Waals surface area contributed by atoms with Crippen molar-refractivity contribution in [2.75, 3.05) is 31.1 Å². The average Bonchev–Trinajstić information content (AvgIpc) is 3.00. The van der Waals surface area contributed by atoms with Gasteiger partial charge in [0.15, 0.2) is 6.61 Å². The van der Waals surface area contributed by atoms with Gasteiger partial charge in [0.05, 0.1) is 0 Å². The molecule has 1 aromatic heterocycles. The Balaban J connectivity index is 1.24. The van der Waals surface area contributed by atoms with Crippen LogP contribution >= 0.6 is 0 Å². The van der Waals surface area contributed by atoms with Gasteiger partial charge in [-0.2, -0.15) is 0 Å². The quantitative estimate of drug-likeness (QED) is 0.882. The van der Waals surface area contributed by atoms with Crippen LogP contribution in [-0.4, -0.2) is 54.1 Å². The molecule has 3 aliphatic rings. The molecule has 3 aliphatic heterocycles. The minimum absolute atomic E-state index is 0.0266. The van der Waals surface area contributed by atoms with Crippen LogP contribution in [0.4, 0.5) is 5.82 Å². The molecule has 0 radical (unpaired) electrons. The molecule has 2 aromatic rings. The number of ether oxygens (including phenoxy) is 1. The number of amides is 1. The molecule has 6 heteroatoms. The van der Waals surface area contributed by atoms with Gasteiger partial charge in [0, 0.05) is 50.4 Å². The first kappa shape index (κ1) is 17.5. The summed E-state index contributed by atoms with van der Waals surface area (Å²) in [6.07, 6.45) is 3.31. The third kappa shape index (κ3) is 3.33. The molecule has 2 saturated heterocycles. The second-order valence-electron chi connectivity index (χ2n) is 7.89. The standard InChI is InChI=1S/C22H26N4O2/c27-22(15-28-19-4-2-1-3-5-19)25-11-10-20-16(14-25)6-9-21(24-20)26-17-7-8-18(26)13-23-12-17/h1-6,9,17-18,23H,7-8,10-15H2. The number of para-hydroxylation sites is 1. The zero-order chi connectivity index (χ0) is 18.9. The van der Waals surface area contributed by atoms with E-state index in [4.69, 9.17) is 9.72 Å². The molecule has 0 aliphatic carbocycles. The van der Waals surface area contributed by atoms with Crippen molar-refractivity contribution in [1.29, 1.82) is 0 Å². The van der Waals surface area contributed by atoms with Crippen LogP contribution in [0.5, 0.6) is 5.75 Å². The van der Waals surface area contributed by atoms with Crippen molar-refractivity contribution >= 4 is 11.7 Å². The monoisotopic (exact) mass is 378 g/mol. The maximum absolute atomic E-state index is 12.6. The number of piperazine rings is 1. The molecule has 6 nitrogen and oxygen atoms in total. The van der Waals surface area contributed by atoms with Gasteiger partial charge in [0.2, 0.25) is 0 Å². The number of anilines is 1. The van der Waals surface area contributed by atoms with E-state index in [2.05, 4.69) is 22.3 Å². The molecule has 2 unspecified atom stereocenters. The Morgan fingerprint density at radius 2 is 1.89 bits per heavy atom. The number of nitrogens with one attached hydrogen (secondary N) is 1. The van der Waals surface area contributed by atoms with Gasteiger partial charge in [-0.3, -0.25) is 4.79 Å². The summed E-state index contributed by atoms with van der Waals surface area (Å²) in [7, 11) is 0. The fourth-order valence-corrected chi connectivity index (χ4v) is 4.67. The summed E-state index contributed by atoms with van der Waals surface area (Å²) in [6.45, 7) is 3.51. The lowest BCUT2D eigenvalue weighted by atomic mass is 10.1. The van der Waals surface area contributed by atoms with Gasteiger partial charge in [-0.25, -0.2) is 4.98 Å². The number of hydrogen-bond donors (Lipinski definition) is 1. The number of pyridine rings is 1. The first-order valence-electron chi connectivity index (χ1n) is 10.2. The van der Waals surface area contributed by atoms with Gasteiger partial charge >= 0.3 is 0 Å². The van der Waals surface area contributed by atoms with Crippen molar-refractivity contribution < 1.29 is 9.53 Å². The van der Waals surface area contributed by atoms with E-state index < -0.39 is 0 Å². The van der Waals surface area contributed by atoms with Crippen LogP contribution < -0.4 is 15.0 Å². The highest BCUT2D eigenvalue weighted by Gasteiger charge is 2.37. The highest BCUT2D eigenvalue weighted by molar-refractivity contribution is 5.78. The largest absolute Gasteiger partial charge is 0.484 e. The van der Waals surface area contributed by atoms with Crippen LogP contribution in [0.2, 0.25) is 0 Å². The number of hydrogen-bond acceptors (Lipinski definition) is 5. The van der Waals surface area contributed by atoms with Crippen LogP contribution in [0, 0.1) is 0 Å². The molecule has 0 spiro atoms. The number of carbonyl (C=O) groups is 1. The van der Waals surface area contributed by atoms with E-state index in [0.29, 0.717) is 25.2 Å². The minimum Gasteiger partial charge on any atom is -0.484 e. The zero-order valence-corrected chi connectivity index (χ0v) is 16.0. The van der Waals surface area contributed by atoms with Gasteiger partial charge < -0.3 is 19.9 Å². The lowest BCUT2D eigenvalue weighted by Gasteiger charge is -2.37. The van der Waals surface area contributed by atoms with E-state index in [0.717, 1.165) is 42.3 Å². The van der Waals surface area contributed by atoms with Gasteiger partial charge in [0.1, 0.15) is 11.6 Å². The SMILES string of the molecule is O=C(COc1ccccc1)N1CCc2nc(N3C4CCC3CNC4)ccc2C1. The average molecular weight is 378 g/mol. The van der Waals surface area contributed by atoms with E-state index in [1.165, 1.54) is 12.8 Å².